The van der Waals surface area contributed by atoms with E-state index in [9.17, 15) is 25.1 Å². The fourth-order valence-corrected chi connectivity index (χ4v) is 1.77. The maximum atomic E-state index is 11.7. The number of nitro groups is 1. The molecule has 0 saturated heterocycles. The SMILES string of the molecule is O=C([O-])/C=C/c1cccc(N=Cc2cc([N+](=O)[O-])ccc2[O-])c1. The van der Waals surface area contributed by atoms with Crippen LogP contribution in [0, 0.1) is 10.1 Å². The van der Waals surface area contributed by atoms with Crippen molar-refractivity contribution in [1.82, 2.24) is 0 Å². The molecule has 0 unspecified atom stereocenters. The number of hydrogen-bond acceptors (Lipinski definition) is 6. The van der Waals surface area contributed by atoms with E-state index in [1.807, 2.05) is 0 Å². The van der Waals surface area contributed by atoms with Gasteiger partial charge < -0.3 is 15.0 Å². The molecule has 0 amide bonds. The lowest BCUT2D eigenvalue weighted by Crippen LogP contribution is -2.18. The molecule has 0 fully saturated rings. The molecule has 0 heterocycles. The summed E-state index contributed by atoms with van der Waals surface area (Å²) in [5, 5.41) is 32.7. The van der Waals surface area contributed by atoms with Crippen molar-refractivity contribution < 1.29 is 19.9 Å². The number of nitrogens with zero attached hydrogens (tertiary/aromatic N) is 2. The molecule has 2 aromatic rings. The lowest BCUT2D eigenvalue weighted by atomic mass is 10.1. The van der Waals surface area contributed by atoms with Crippen molar-refractivity contribution >= 4 is 29.6 Å². The fraction of sp³-hybridized carbons (Fsp3) is 0. The van der Waals surface area contributed by atoms with Crippen LogP contribution >= 0.6 is 0 Å². The van der Waals surface area contributed by atoms with Crippen LogP contribution in [0.5, 0.6) is 5.75 Å². The van der Waals surface area contributed by atoms with E-state index in [0.717, 1.165) is 24.3 Å². The molecular formula is C16H10N2O5-2. The van der Waals surface area contributed by atoms with Crippen molar-refractivity contribution in [3.63, 3.8) is 0 Å². The van der Waals surface area contributed by atoms with Crippen LogP contribution in [0.3, 0.4) is 0 Å². The van der Waals surface area contributed by atoms with E-state index in [1.165, 1.54) is 12.3 Å². The number of carboxylic acids is 1. The summed E-state index contributed by atoms with van der Waals surface area (Å²) in [7, 11) is 0. The maximum Gasteiger partial charge on any atom is 0.270 e. The third-order valence-electron chi connectivity index (χ3n) is 2.84. The molecule has 0 bridgehead atoms. The average Bonchev–Trinajstić information content (AvgIpc) is 2.52. The summed E-state index contributed by atoms with van der Waals surface area (Å²) in [6.07, 6.45) is 3.47. The largest absolute Gasteiger partial charge is 0.872 e. The van der Waals surface area contributed by atoms with Gasteiger partial charge >= 0.3 is 0 Å². The second-order valence-corrected chi connectivity index (χ2v) is 4.48. The normalized spacial score (nSPS) is 11.1. The molecule has 0 aliphatic rings. The fourth-order valence-electron chi connectivity index (χ4n) is 1.77. The Hall–Kier alpha value is -3.48. The van der Waals surface area contributed by atoms with Crippen LogP contribution in [-0.2, 0) is 4.79 Å². The van der Waals surface area contributed by atoms with Crippen molar-refractivity contribution in [1.29, 1.82) is 0 Å². The van der Waals surface area contributed by atoms with Crippen molar-refractivity contribution in [3.05, 3.63) is 69.8 Å². The number of carbonyl (C=O) groups excluding carboxylic acids is 1. The summed E-state index contributed by atoms with van der Waals surface area (Å²) in [6, 6.07) is 9.96. The highest BCUT2D eigenvalue weighted by Gasteiger charge is 2.05. The highest BCUT2D eigenvalue weighted by atomic mass is 16.6. The first-order valence-electron chi connectivity index (χ1n) is 6.44. The van der Waals surface area contributed by atoms with Gasteiger partial charge in [0.2, 0.25) is 0 Å². The number of nitro benzene ring substituents is 1. The summed E-state index contributed by atoms with van der Waals surface area (Å²) in [4.78, 5) is 24.6. The number of aliphatic carboxylic acids is 1. The predicted octanol–water partition coefficient (Wildman–Crippen LogP) is 1.18. The van der Waals surface area contributed by atoms with Gasteiger partial charge in [0, 0.05) is 18.3 Å². The summed E-state index contributed by atoms with van der Waals surface area (Å²) < 4.78 is 0. The lowest BCUT2D eigenvalue weighted by Gasteiger charge is -2.08. The van der Waals surface area contributed by atoms with Crippen LogP contribution in [-0.4, -0.2) is 17.1 Å². The van der Waals surface area contributed by atoms with E-state index in [-0.39, 0.29) is 17.0 Å². The molecule has 0 aliphatic heterocycles. The molecule has 7 nitrogen and oxygen atoms in total. The number of rotatable bonds is 5. The zero-order valence-electron chi connectivity index (χ0n) is 11.7. The van der Waals surface area contributed by atoms with Gasteiger partial charge in [-0.25, -0.2) is 0 Å². The quantitative estimate of drug-likeness (QED) is 0.355. The van der Waals surface area contributed by atoms with Gasteiger partial charge in [0.25, 0.3) is 5.69 Å². The van der Waals surface area contributed by atoms with Crippen molar-refractivity contribution in [2.75, 3.05) is 0 Å². The van der Waals surface area contributed by atoms with Gasteiger partial charge in [-0.3, -0.25) is 15.1 Å². The van der Waals surface area contributed by atoms with E-state index in [1.54, 1.807) is 24.3 Å². The Morgan fingerprint density at radius 3 is 2.65 bits per heavy atom. The van der Waals surface area contributed by atoms with Crippen LogP contribution in [0.25, 0.3) is 6.08 Å². The predicted molar refractivity (Wildman–Crippen MR) is 80.3 cm³/mol. The lowest BCUT2D eigenvalue weighted by molar-refractivity contribution is -0.385. The summed E-state index contributed by atoms with van der Waals surface area (Å²) >= 11 is 0. The third kappa shape index (κ3) is 4.50. The number of aliphatic imine (C=N–C) groups is 1. The first kappa shape index (κ1) is 15.9. The molecule has 2 rings (SSSR count). The highest BCUT2D eigenvalue weighted by molar-refractivity contribution is 5.86. The Morgan fingerprint density at radius 1 is 1.17 bits per heavy atom. The second-order valence-electron chi connectivity index (χ2n) is 4.48. The minimum absolute atomic E-state index is 0.0925. The molecule has 0 atom stereocenters. The molecule has 0 radical (unpaired) electrons. The van der Waals surface area contributed by atoms with Gasteiger partial charge in [-0.15, -0.1) is 0 Å². The minimum Gasteiger partial charge on any atom is -0.872 e. The Kier molecular flexibility index (Phi) is 4.83. The molecule has 23 heavy (non-hydrogen) atoms. The van der Waals surface area contributed by atoms with Gasteiger partial charge in [-0.05, 0) is 29.3 Å². The second kappa shape index (κ2) is 6.99. The number of carboxylic acid groups (broad SMARTS) is 1. The Morgan fingerprint density at radius 2 is 1.96 bits per heavy atom. The van der Waals surface area contributed by atoms with Crippen LogP contribution in [0.1, 0.15) is 11.1 Å². The van der Waals surface area contributed by atoms with E-state index in [4.69, 9.17) is 0 Å². The van der Waals surface area contributed by atoms with Crippen molar-refractivity contribution in [2.24, 2.45) is 4.99 Å². The third-order valence-corrected chi connectivity index (χ3v) is 2.84. The first-order valence-corrected chi connectivity index (χ1v) is 6.44. The van der Waals surface area contributed by atoms with Gasteiger partial charge in [-0.2, -0.15) is 0 Å². The molecule has 116 valence electrons. The monoisotopic (exact) mass is 310 g/mol. The molecule has 0 aromatic heterocycles. The van der Waals surface area contributed by atoms with Crippen LogP contribution in [0.2, 0.25) is 0 Å². The van der Waals surface area contributed by atoms with E-state index in [2.05, 4.69) is 4.99 Å². The standard InChI is InChI=1S/C16H12N2O5/c19-15-6-5-14(18(22)23)9-12(15)10-17-13-3-1-2-11(8-13)4-7-16(20)21/h1-10,19H,(H,20,21)/p-2/b7-4+,17-10?. The van der Waals surface area contributed by atoms with E-state index in [0.29, 0.717) is 11.3 Å². The molecule has 0 spiro atoms. The molecule has 0 saturated carbocycles. The van der Waals surface area contributed by atoms with E-state index < -0.39 is 10.9 Å². The van der Waals surface area contributed by atoms with Crippen LogP contribution in [0.15, 0.2) is 53.5 Å². The number of non-ortho nitro benzene ring substituents is 1. The average molecular weight is 310 g/mol. The number of hydrogen-bond donors (Lipinski definition) is 0. The summed E-state index contributed by atoms with van der Waals surface area (Å²) in [5.41, 5.74) is 0.952. The van der Waals surface area contributed by atoms with E-state index >= 15 is 0 Å². The van der Waals surface area contributed by atoms with Crippen LogP contribution in [0.4, 0.5) is 11.4 Å². The number of benzene rings is 2. The molecule has 7 heteroatoms. The molecule has 0 aliphatic carbocycles. The summed E-state index contributed by atoms with van der Waals surface area (Å²) in [5.74, 6) is -1.70. The highest BCUT2D eigenvalue weighted by Crippen LogP contribution is 2.21. The van der Waals surface area contributed by atoms with Crippen molar-refractivity contribution in [3.8, 4) is 5.75 Å². The molecule has 2 aromatic carbocycles. The summed E-state index contributed by atoms with van der Waals surface area (Å²) in [6.45, 7) is 0. The zero-order chi connectivity index (χ0) is 16.8. The van der Waals surface area contributed by atoms with Gasteiger partial charge in [0.1, 0.15) is 0 Å². The minimum atomic E-state index is -1.31. The Labute approximate surface area is 131 Å². The Bertz CT molecular complexity index is 812. The Balaban J connectivity index is 2.27. The van der Waals surface area contributed by atoms with Gasteiger partial charge in [0.05, 0.1) is 16.6 Å². The van der Waals surface area contributed by atoms with Crippen molar-refractivity contribution in [2.45, 2.75) is 0 Å². The van der Waals surface area contributed by atoms with Gasteiger partial charge in [0.15, 0.2) is 0 Å². The number of carbonyl (C=O) groups is 1. The van der Waals surface area contributed by atoms with Crippen LogP contribution < -0.4 is 10.2 Å². The smallest absolute Gasteiger partial charge is 0.270 e. The van der Waals surface area contributed by atoms with Gasteiger partial charge in [-0.1, -0.05) is 30.0 Å². The maximum absolute atomic E-state index is 11.7. The topological polar surface area (TPSA) is 119 Å². The molecule has 0 N–H and O–H groups in total. The molecular weight excluding hydrogens is 300 g/mol. The first-order chi connectivity index (χ1) is 11.0. The zero-order valence-corrected chi connectivity index (χ0v) is 11.7.